The van der Waals surface area contributed by atoms with Gasteiger partial charge >= 0.3 is 0 Å². The zero-order valence-electron chi connectivity index (χ0n) is 7.22. The lowest BCUT2D eigenvalue weighted by Crippen LogP contribution is -2.04. The third kappa shape index (κ3) is 3.70. The van der Waals surface area contributed by atoms with Crippen molar-refractivity contribution in [3.05, 3.63) is 26.8 Å². The normalized spacial score (nSPS) is 10.1. The minimum absolute atomic E-state index is 0.524. The molecule has 13 heavy (non-hydrogen) atoms. The maximum absolute atomic E-state index is 5.91. The Labute approximate surface area is 96.3 Å². The highest BCUT2D eigenvalue weighted by Gasteiger charge is 2.01. The van der Waals surface area contributed by atoms with Crippen molar-refractivity contribution in [2.75, 3.05) is 20.3 Å². The van der Waals surface area contributed by atoms with Crippen LogP contribution in [0.3, 0.4) is 0 Å². The minimum Gasteiger partial charge on any atom is -0.490 e. The van der Waals surface area contributed by atoms with Gasteiger partial charge in [-0.25, -0.2) is 0 Å². The Morgan fingerprint density at radius 2 is 2.15 bits per heavy atom. The highest BCUT2D eigenvalue weighted by Crippen LogP contribution is 2.25. The van der Waals surface area contributed by atoms with Crippen LogP contribution in [0.25, 0.3) is 0 Å². The van der Waals surface area contributed by atoms with Gasteiger partial charge in [0.05, 0.1) is 11.6 Å². The van der Waals surface area contributed by atoms with Gasteiger partial charge in [0, 0.05) is 10.7 Å². The molecule has 0 atom stereocenters. The second-order valence-corrected chi connectivity index (χ2v) is 4.07. The van der Waals surface area contributed by atoms with Crippen molar-refractivity contribution < 1.29 is 9.47 Å². The van der Waals surface area contributed by atoms with Crippen LogP contribution in [-0.2, 0) is 4.74 Å². The van der Waals surface area contributed by atoms with Crippen molar-refractivity contribution in [2.45, 2.75) is 0 Å². The van der Waals surface area contributed by atoms with Crippen molar-refractivity contribution in [1.29, 1.82) is 0 Å². The fourth-order valence-corrected chi connectivity index (χ4v) is 1.46. The molecule has 0 saturated carbocycles. The zero-order valence-corrected chi connectivity index (χ0v) is 10.1. The molecule has 4 heteroatoms. The van der Waals surface area contributed by atoms with E-state index in [9.17, 15) is 0 Å². The summed E-state index contributed by atoms with van der Waals surface area (Å²) in [4.78, 5) is 0. The average molecular weight is 313 g/mol. The summed E-state index contributed by atoms with van der Waals surface area (Å²) < 4.78 is 11.4. The van der Waals surface area contributed by atoms with Crippen molar-refractivity contribution in [2.24, 2.45) is 0 Å². The van der Waals surface area contributed by atoms with Gasteiger partial charge in [0.15, 0.2) is 0 Å². The van der Waals surface area contributed by atoms with E-state index < -0.39 is 0 Å². The van der Waals surface area contributed by atoms with E-state index in [1.807, 2.05) is 18.2 Å². The van der Waals surface area contributed by atoms with E-state index in [2.05, 4.69) is 22.6 Å². The fourth-order valence-electron chi connectivity index (χ4n) is 0.823. The lowest BCUT2D eigenvalue weighted by atomic mass is 10.3. The highest BCUT2D eigenvalue weighted by atomic mass is 127. The van der Waals surface area contributed by atoms with E-state index in [4.69, 9.17) is 21.1 Å². The maximum atomic E-state index is 5.91. The predicted molar refractivity (Wildman–Crippen MR) is 61.5 cm³/mol. The number of rotatable bonds is 4. The van der Waals surface area contributed by atoms with Crippen LogP contribution in [0.5, 0.6) is 5.75 Å². The van der Waals surface area contributed by atoms with Crippen molar-refractivity contribution in [1.82, 2.24) is 0 Å². The highest BCUT2D eigenvalue weighted by molar-refractivity contribution is 14.1. The molecule has 0 N–H and O–H groups in total. The smallest absolute Gasteiger partial charge is 0.139 e. The molecule has 0 aromatic heterocycles. The predicted octanol–water partition coefficient (Wildman–Crippen LogP) is 2.97. The second-order valence-electron chi connectivity index (χ2n) is 2.42. The number of hydrogen-bond donors (Lipinski definition) is 0. The molecule has 0 unspecified atom stereocenters. The number of methoxy groups -OCH3 is 1. The Hall–Kier alpha value is -0.0000000000000000555. The molecule has 2 nitrogen and oxygen atoms in total. The molecule has 0 radical (unpaired) electrons. The second kappa shape index (κ2) is 5.67. The van der Waals surface area contributed by atoms with E-state index in [1.165, 1.54) is 0 Å². The first-order valence-electron chi connectivity index (χ1n) is 3.81. The Morgan fingerprint density at radius 1 is 1.38 bits per heavy atom. The molecule has 1 aromatic rings. The Bertz CT molecular complexity index is 278. The van der Waals surface area contributed by atoms with Crippen LogP contribution in [0.4, 0.5) is 0 Å². The maximum Gasteiger partial charge on any atom is 0.139 e. The third-order valence-corrected chi connectivity index (χ3v) is 2.42. The van der Waals surface area contributed by atoms with E-state index in [0.29, 0.717) is 24.0 Å². The van der Waals surface area contributed by atoms with E-state index in [-0.39, 0.29) is 0 Å². The van der Waals surface area contributed by atoms with Gasteiger partial charge in [-0.2, -0.15) is 0 Å². The van der Waals surface area contributed by atoms with Gasteiger partial charge < -0.3 is 9.47 Å². The summed E-state index contributed by atoms with van der Waals surface area (Å²) in [5.41, 5.74) is 0. The molecule has 0 aliphatic rings. The van der Waals surface area contributed by atoms with Crippen molar-refractivity contribution >= 4 is 34.2 Å². The topological polar surface area (TPSA) is 18.5 Å². The largest absolute Gasteiger partial charge is 0.490 e. The molecule has 0 aliphatic carbocycles. The molecule has 1 aromatic carbocycles. The van der Waals surface area contributed by atoms with Gasteiger partial charge in [-0.1, -0.05) is 11.6 Å². The molecule has 0 heterocycles. The van der Waals surface area contributed by atoms with Crippen LogP contribution in [0.2, 0.25) is 5.02 Å². The summed E-state index contributed by atoms with van der Waals surface area (Å²) in [7, 11) is 1.64. The summed E-state index contributed by atoms with van der Waals surface area (Å²) in [5.74, 6) is 0.714. The minimum atomic E-state index is 0.524. The third-order valence-electron chi connectivity index (χ3n) is 1.44. The van der Waals surface area contributed by atoms with Gasteiger partial charge in [0.1, 0.15) is 12.4 Å². The molecular formula is C9H10ClIO2. The molecule has 0 saturated heterocycles. The monoisotopic (exact) mass is 312 g/mol. The van der Waals surface area contributed by atoms with Crippen LogP contribution < -0.4 is 4.74 Å². The summed E-state index contributed by atoms with van der Waals surface area (Å²) >= 11 is 8.12. The standard InChI is InChI=1S/C9H10ClIO2/c1-12-4-5-13-9-6-7(11)2-3-8(9)10/h2-3,6H,4-5H2,1H3. The first-order chi connectivity index (χ1) is 6.24. The Morgan fingerprint density at radius 3 is 2.85 bits per heavy atom. The summed E-state index contributed by atoms with van der Waals surface area (Å²) in [6.45, 7) is 1.10. The van der Waals surface area contributed by atoms with Gasteiger partial charge in [0.2, 0.25) is 0 Å². The van der Waals surface area contributed by atoms with Gasteiger partial charge in [-0.05, 0) is 40.8 Å². The fraction of sp³-hybridized carbons (Fsp3) is 0.333. The molecule has 0 fully saturated rings. The summed E-state index contributed by atoms with van der Waals surface area (Å²) in [6, 6.07) is 5.66. The molecular weight excluding hydrogens is 302 g/mol. The lowest BCUT2D eigenvalue weighted by molar-refractivity contribution is 0.146. The number of ether oxygens (including phenoxy) is 2. The molecule has 0 aliphatic heterocycles. The average Bonchev–Trinajstić information content (AvgIpc) is 2.11. The first-order valence-corrected chi connectivity index (χ1v) is 5.26. The van der Waals surface area contributed by atoms with Gasteiger partial charge in [-0.3, -0.25) is 0 Å². The SMILES string of the molecule is COCCOc1cc(I)ccc1Cl. The van der Waals surface area contributed by atoms with E-state index in [1.54, 1.807) is 7.11 Å². The lowest BCUT2D eigenvalue weighted by Gasteiger charge is -2.07. The van der Waals surface area contributed by atoms with Crippen LogP contribution in [0.15, 0.2) is 18.2 Å². The first kappa shape index (κ1) is 11.1. The van der Waals surface area contributed by atoms with Crippen LogP contribution in [0, 0.1) is 3.57 Å². The molecule has 0 bridgehead atoms. The number of hydrogen-bond acceptors (Lipinski definition) is 2. The van der Waals surface area contributed by atoms with E-state index in [0.717, 1.165) is 3.57 Å². The van der Waals surface area contributed by atoms with E-state index >= 15 is 0 Å². The van der Waals surface area contributed by atoms with Crippen LogP contribution in [0.1, 0.15) is 0 Å². The van der Waals surface area contributed by atoms with Gasteiger partial charge in [0.25, 0.3) is 0 Å². The summed E-state index contributed by atoms with van der Waals surface area (Å²) in [5, 5.41) is 0.636. The Kier molecular flexibility index (Phi) is 4.83. The Balaban J connectivity index is 2.59. The van der Waals surface area contributed by atoms with Crippen LogP contribution in [-0.4, -0.2) is 20.3 Å². The summed E-state index contributed by atoms with van der Waals surface area (Å²) in [6.07, 6.45) is 0. The van der Waals surface area contributed by atoms with Crippen molar-refractivity contribution in [3.63, 3.8) is 0 Å². The molecule has 0 spiro atoms. The quantitative estimate of drug-likeness (QED) is 0.628. The molecule has 72 valence electrons. The molecule has 0 amide bonds. The zero-order chi connectivity index (χ0) is 9.68. The number of halogens is 2. The van der Waals surface area contributed by atoms with Gasteiger partial charge in [-0.15, -0.1) is 0 Å². The number of benzene rings is 1. The van der Waals surface area contributed by atoms with Crippen molar-refractivity contribution in [3.8, 4) is 5.75 Å². The molecule has 1 rings (SSSR count). The van der Waals surface area contributed by atoms with Crippen LogP contribution >= 0.6 is 34.2 Å².